The second-order valence-corrected chi connectivity index (χ2v) is 2.05. The highest BCUT2D eigenvalue weighted by molar-refractivity contribution is 5.90. The summed E-state index contributed by atoms with van der Waals surface area (Å²) in [6.07, 6.45) is 0. The van der Waals surface area contributed by atoms with Crippen LogP contribution in [0.5, 0.6) is 5.75 Å². The zero-order valence-corrected chi connectivity index (χ0v) is 6.48. The molecule has 0 amide bonds. The smallest absolute Gasteiger partial charge is 0.339 e. The lowest BCUT2D eigenvalue weighted by Crippen LogP contribution is -2.01. The summed E-state index contributed by atoms with van der Waals surface area (Å²) in [5, 5.41) is 8.66. The van der Waals surface area contributed by atoms with Crippen molar-refractivity contribution in [1.29, 1.82) is 0 Å². The minimum Gasteiger partial charge on any atom is -0.478 e. The molecule has 0 aliphatic rings. The molecule has 0 aromatic heterocycles. The minimum atomic E-state index is -1.04. The quantitative estimate of drug-likeness (QED) is 0.546. The summed E-state index contributed by atoms with van der Waals surface area (Å²) in [7, 11) is 1.32. The molecule has 0 saturated heterocycles. The molecule has 4 heteroatoms. The molecule has 0 fully saturated rings. The fourth-order valence-corrected chi connectivity index (χ4v) is 0.806. The molecule has 12 heavy (non-hydrogen) atoms. The van der Waals surface area contributed by atoms with Crippen LogP contribution in [-0.4, -0.2) is 18.2 Å². The standard InChI is InChI=1S/C8H8O4/c1-11-12-7-5-3-2-4-6(7)8(9)10/h2-5H,1H3,(H,9,10). The Morgan fingerprint density at radius 2 is 2.08 bits per heavy atom. The Labute approximate surface area is 69.3 Å². The van der Waals surface area contributed by atoms with Crippen LogP contribution in [-0.2, 0) is 4.89 Å². The Kier molecular flexibility index (Phi) is 2.66. The zero-order valence-electron chi connectivity index (χ0n) is 6.48. The first-order valence-electron chi connectivity index (χ1n) is 3.28. The number of benzene rings is 1. The van der Waals surface area contributed by atoms with Crippen LogP contribution < -0.4 is 4.89 Å². The molecule has 1 rings (SSSR count). The molecular formula is C8H8O4. The van der Waals surface area contributed by atoms with Crippen molar-refractivity contribution < 1.29 is 19.7 Å². The van der Waals surface area contributed by atoms with Crippen molar-refractivity contribution in [3.05, 3.63) is 29.8 Å². The van der Waals surface area contributed by atoms with E-state index in [-0.39, 0.29) is 11.3 Å². The highest BCUT2D eigenvalue weighted by Gasteiger charge is 2.09. The predicted octanol–water partition coefficient (Wildman–Crippen LogP) is 1.32. The van der Waals surface area contributed by atoms with Crippen LogP contribution in [0.4, 0.5) is 0 Å². The van der Waals surface area contributed by atoms with Gasteiger partial charge in [-0.2, -0.15) is 4.89 Å². The average Bonchev–Trinajstić information content (AvgIpc) is 2.05. The summed E-state index contributed by atoms with van der Waals surface area (Å²) < 4.78 is 0. The van der Waals surface area contributed by atoms with E-state index in [1.165, 1.54) is 19.2 Å². The van der Waals surface area contributed by atoms with E-state index in [9.17, 15) is 4.79 Å². The van der Waals surface area contributed by atoms with Gasteiger partial charge in [-0.1, -0.05) is 12.1 Å². The van der Waals surface area contributed by atoms with Crippen molar-refractivity contribution >= 4 is 5.97 Å². The van der Waals surface area contributed by atoms with Gasteiger partial charge in [0.15, 0.2) is 5.75 Å². The van der Waals surface area contributed by atoms with Gasteiger partial charge in [-0.3, -0.25) is 0 Å². The molecule has 0 radical (unpaired) electrons. The third-order valence-electron chi connectivity index (χ3n) is 1.29. The maximum absolute atomic E-state index is 10.6. The van der Waals surface area contributed by atoms with Gasteiger partial charge in [-0.05, 0) is 12.1 Å². The molecule has 0 saturated carbocycles. The molecule has 0 unspecified atom stereocenters. The van der Waals surface area contributed by atoms with Gasteiger partial charge in [-0.25, -0.2) is 4.79 Å². The highest BCUT2D eigenvalue weighted by atomic mass is 17.2. The summed E-state index contributed by atoms with van der Waals surface area (Å²) >= 11 is 0. The normalized spacial score (nSPS) is 9.42. The summed E-state index contributed by atoms with van der Waals surface area (Å²) in [6.45, 7) is 0. The lowest BCUT2D eigenvalue weighted by Gasteiger charge is -2.03. The topological polar surface area (TPSA) is 55.8 Å². The van der Waals surface area contributed by atoms with E-state index in [0.717, 1.165) is 0 Å². The molecule has 1 aromatic carbocycles. The number of carboxylic acid groups (broad SMARTS) is 1. The molecule has 0 heterocycles. The number of carboxylic acids is 1. The number of hydrogen-bond donors (Lipinski definition) is 1. The highest BCUT2D eigenvalue weighted by Crippen LogP contribution is 2.17. The van der Waals surface area contributed by atoms with Gasteiger partial charge >= 0.3 is 5.97 Å². The van der Waals surface area contributed by atoms with Gasteiger partial charge in [0.05, 0.1) is 7.11 Å². The van der Waals surface area contributed by atoms with E-state index in [1.54, 1.807) is 12.1 Å². The third-order valence-corrected chi connectivity index (χ3v) is 1.29. The summed E-state index contributed by atoms with van der Waals surface area (Å²) in [4.78, 5) is 19.5. The molecule has 0 aliphatic carbocycles. The number of carbonyl (C=O) groups is 1. The fraction of sp³-hybridized carbons (Fsp3) is 0.125. The van der Waals surface area contributed by atoms with E-state index < -0.39 is 5.97 Å². The van der Waals surface area contributed by atoms with Crippen molar-refractivity contribution in [2.45, 2.75) is 0 Å². The monoisotopic (exact) mass is 168 g/mol. The molecule has 0 aliphatic heterocycles. The van der Waals surface area contributed by atoms with Crippen molar-refractivity contribution in [2.24, 2.45) is 0 Å². The second-order valence-electron chi connectivity index (χ2n) is 2.05. The van der Waals surface area contributed by atoms with E-state index in [2.05, 4.69) is 9.78 Å². The summed E-state index contributed by atoms with van der Waals surface area (Å²) in [6, 6.07) is 6.25. The molecule has 4 nitrogen and oxygen atoms in total. The Balaban J connectivity index is 3.00. The fourth-order valence-electron chi connectivity index (χ4n) is 0.806. The van der Waals surface area contributed by atoms with E-state index in [4.69, 9.17) is 5.11 Å². The van der Waals surface area contributed by atoms with Crippen molar-refractivity contribution in [3.63, 3.8) is 0 Å². The van der Waals surface area contributed by atoms with Gasteiger partial charge in [0.25, 0.3) is 0 Å². The molecule has 1 N–H and O–H groups in total. The number of para-hydroxylation sites is 1. The zero-order chi connectivity index (χ0) is 8.97. The van der Waals surface area contributed by atoms with E-state index in [0.29, 0.717) is 0 Å². The van der Waals surface area contributed by atoms with Crippen molar-refractivity contribution in [2.75, 3.05) is 7.11 Å². The second kappa shape index (κ2) is 3.73. The van der Waals surface area contributed by atoms with Gasteiger partial charge in [0.1, 0.15) is 5.56 Å². The Morgan fingerprint density at radius 1 is 1.42 bits per heavy atom. The van der Waals surface area contributed by atoms with Crippen molar-refractivity contribution in [1.82, 2.24) is 0 Å². The summed E-state index contributed by atoms with van der Waals surface area (Å²) in [5.41, 5.74) is 0.0827. The maximum Gasteiger partial charge on any atom is 0.339 e. The first kappa shape index (κ1) is 8.55. The molecule has 64 valence electrons. The average molecular weight is 168 g/mol. The predicted molar refractivity (Wildman–Crippen MR) is 41.0 cm³/mol. The van der Waals surface area contributed by atoms with Crippen molar-refractivity contribution in [3.8, 4) is 5.75 Å². The molecular weight excluding hydrogens is 160 g/mol. The number of hydrogen-bond acceptors (Lipinski definition) is 3. The first-order valence-corrected chi connectivity index (χ1v) is 3.28. The molecule has 0 spiro atoms. The van der Waals surface area contributed by atoms with Gasteiger partial charge < -0.3 is 9.99 Å². The minimum absolute atomic E-state index is 0.0827. The van der Waals surface area contributed by atoms with E-state index in [1.807, 2.05) is 0 Å². The van der Waals surface area contributed by atoms with Crippen LogP contribution in [0.25, 0.3) is 0 Å². The molecule has 1 aromatic rings. The Hall–Kier alpha value is -1.55. The number of aromatic carboxylic acids is 1. The Morgan fingerprint density at radius 3 is 2.67 bits per heavy atom. The lowest BCUT2D eigenvalue weighted by atomic mass is 10.2. The van der Waals surface area contributed by atoms with Gasteiger partial charge in [-0.15, -0.1) is 0 Å². The van der Waals surface area contributed by atoms with Crippen LogP contribution in [0, 0.1) is 0 Å². The largest absolute Gasteiger partial charge is 0.478 e. The molecule has 0 atom stereocenters. The SMILES string of the molecule is COOc1ccccc1C(=O)O. The summed E-state index contributed by atoms with van der Waals surface area (Å²) in [5.74, 6) is -0.838. The van der Waals surface area contributed by atoms with E-state index >= 15 is 0 Å². The van der Waals surface area contributed by atoms with Crippen LogP contribution >= 0.6 is 0 Å². The number of rotatable bonds is 3. The van der Waals surface area contributed by atoms with Crippen LogP contribution in [0.15, 0.2) is 24.3 Å². The Bertz CT molecular complexity index is 282. The lowest BCUT2D eigenvalue weighted by molar-refractivity contribution is -0.178. The third kappa shape index (κ3) is 1.73. The van der Waals surface area contributed by atoms with Crippen LogP contribution in [0.2, 0.25) is 0 Å². The first-order chi connectivity index (χ1) is 5.75. The molecule has 0 bridgehead atoms. The van der Waals surface area contributed by atoms with Gasteiger partial charge in [0, 0.05) is 0 Å². The van der Waals surface area contributed by atoms with Gasteiger partial charge in [0.2, 0.25) is 0 Å². The maximum atomic E-state index is 10.6. The van der Waals surface area contributed by atoms with Crippen LogP contribution in [0.3, 0.4) is 0 Å². The van der Waals surface area contributed by atoms with Crippen LogP contribution in [0.1, 0.15) is 10.4 Å².